The van der Waals surface area contributed by atoms with E-state index >= 15 is 0 Å². The van der Waals surface area contributed by atoms with E-state index in [-0.39, 0.29) is 24.3 Å². The summed E-state index contributed by atoms with van der Waals surface area (Å²) in [7, 11) is 0. The Balaban J connectivity index is 1.31. The third-order valence-electron chi connectivity index (χ3n) is 16.0. The molecule has 4 aliphatic heterocycles. The predicted molar refractivity (Wildman–Crippen MR) is 275 cm³/mol. The summed E-state index contributed by atoms with van der Waals surface area (Å²) in [6, 6.07) is 36.0. The maximum absolute atomic E-state index is 2.72. The fraction of sp³-hybridized carbons (Fsp3) is 0.333. The van der Waals surface area contributed by atoms with Crippen LogP contribution < -0.4 is 32.8 Å². The normalized spacial score (nSPS) is 14.5. The maximum Gasteiger partial charge on any atom is 0.244 e. The molecule has 0 saturated carbocycles. The first-order chi connectivity index (χ1) is 29.3. The molecule has 0 radical (unpaired) electrons. The molecule has 0 amide bonds. The topological polar surface area (TPSA) is 0 Å². The van der Waals surface area contributed by atoms with Gasteiger partial charge in [-0.3, -0.25) is 0 Å². The van der Waals surface area contributed by atoms with Gasteiger partial charge < -0.3 is 0 Å². The molecular weight excluding hydrogens is 742 g/mol. The highest BCUT2D eigenvalue weighted by Gasteiger charge is 2.46. The molecule has 0 N–H and O–H groups in total. The van der Waals surface area contributed by atoms with E-state index < -0.39 is 0 Å². The lowest BCUT2D eigenvalue weighted by Crippen LogP contribution is -2.53. The van der Waals surface area contributed by atoms with Gasteiger partial charge >= 0.3 is 0 Å². The Kier molecular flexibility index (Phi) is 7.68. The standard InChI is InChI=1S/C60H60B2/c1-29(2)33-15-17-49-37(19-33)41-21-35(31(5)6)23-43-39-25-47(59(9,10)11)46-28-52-54-40(26-48(60(12,13)14)45-27-51(61(49)57(41)43)53(39)55(46)56(45)54)44-24-36(32(7)8)22-42-38-20-34(30(3)4)16-18-50(38)62(52)58(42)44/h15-32H,1-14H3. The molecule has 306 valence electrons. The summed E-state index contributed by atoms with van der Waals surface area (Å²) in [6.07, 6.45) is 0. The largest absolute Gasteiger partial charge is 0.244 e. The van der Waals surface area contributed by atoms with Crippen molar-refractivity contribution in [2.45, 2.75) is 131 Å². The molecule has 0 nitrogen and oxygen atoms in total. The molecule has 8 aromatic rings. The minimum absolute atomic E-state index is 0.0736. The van der Waals surface area contributed by atoms with Gasteiger partial charge in [0.1, 0.15) is 0 Å². The summed E-state index contributed by atoms with van der Waals surface area (Å²) in [4.78, 5) is 0. The van der Waals surface area contributed by atoms with Crippen molar-refractivity contribution in [2.24, 2.45) is 0 Å². The molecule has 0 fully saturated rings. The first-order valence-corrected chi connectivity index (χ1v) is 23.9. The molecule has 0 atom stereocenters. The number of fused-ring (bicyclic) bond motifs is 10. The third-order valence-corrected chi connectivity index (χ3v) is 16.0. The summed E-state index contributed by atoms with van der Waals surface area (Å²) in [5.74, 6) is 1.81. The average molecular weight is 803 g/mol. The van der Waals surface area contributed by atoms with Crippen LogP contribution in [0.3, 0.4) is 0 Å². The molecule has 0 aliphatic carbocycles. The Morgan fingerprint density at radius 2 is 0.645 bits per heavy atom. The molecule has 0 unspecified atom stereocenters. The zero-order chi connectivity index (χ0) is 43.4. The van der Waals surface area contributed by atoms with Crippen LogP contribution in [0.5, 0.6) is 0 Å². The molecule has 0 spiro atoms. The summed E-state index contributed by atoms with van der Waals surface area (Å²) in [5, 5.41) is 8.89. The molecule has 12 rings (SSSR count). The van der Waals surface area contributed by atoms with Gasteiger partial charge in [-0.15, -0.1) is 0 Å². The highest BCUT2D eigenvalue weighted by atomic mass is 14.4. The van der Waals surface area contributed by atoms with Crippen LogP contribution in [0, 0.1) is 0 Å². The fourth-order valence-corrected chi connectivity index (χ4v) is 12.7. The van der Waals surface area contributed by atoms with Crippen molar-refractivity contribution in [3.63, 3.8) is 0 Å². The lowest BCUT2D eigenvalue weighted by Gasteiger charge is -2.36. The van der Waals surface area contributed by atoms with Crippen molar-refractivity contribution in [2.75, 3.05) is 0 Å². The zero-order valence-corrected chi connectivity index (χ0v) is 39.5. The van der Waals surface area contributed by atoms with Crippen molar-refractivity contribution in [1.82, 2.24) is 0 Å². The van der Waals surface area contributed by atoms with E-state index in [4.69, 9.17) is 0 Å². The summed E-state index contributed by atoms with van der Waals surface area (Å²) in [5.41, 5.74) is 29.1. The van der Waals surface area contributed by atoms with E-state index in [1.165, 1.54) is 143 Å². The fourth-order valence-electron chi connectivity index (χ4n) is 12.7. The molecule has 4 heterocycles. The van der Waals surface area contributed by atoms with Gasteiger partial charge in [0.2, 0.25) is 13.4 Å². The lowest BCUT2D eigenvalue weighted by molar-refractivity contribution is 0.595. The smallest absolute Gasteiger partial charge is 0.0661 e. The molecule has 8 aromatic carbocycles. The maximum atomic E-state index is 2.72. The van der Waals surface area contributed by atoms with E-state index in [2.05, 4.69) is 182 Å². The Hall–Kier alpha value is -5.07. The van der Waals surface area contributed by atoms with Gasteiger partial charge in [-0.05, 0) is 157 Å². The SMILES string of the molecule is CC(C)c1ccc2c(c1)-c1cc(C(C)C)cc3c1B2c1cc2c(C(C)(C)C)cc4c5c(cc6c(C(C)(C)C)cc-3c1c6c25)B1c2ccc(C(C)C)cc2-c2cc(C(C)C)cc-4c21. The predicted octanol–water partition coefficient (Wildman–Crippen LogP) is 12.6. The van der Waals surface area contributed by atoms with Crippen molar-refractivity contribution in [1.29, 1.82) is 0 Å². The van der Waals surface area contributed by atoms with Crippen LogP contribution in [0.25, 0.3) is 76.8 Å². The van der Waals surface area contributed by atoms with Gasteiger partial charge in [0.05, 0.1) is 0 Å². The van der Waals surface area contributed by atoms with Crippen molar-refractivity contribution in [3.8, 4) is 44.5 Å². The van der Waals surface area contributed by atoms with Gasteiger partial charge in [0, 0.05) is 0 Å². The van der Waals surface area contributed by atoms with Gasteiger partial charge in [0.15, 0.2) is 0 Å². The molecular formula is C60H60B2. The van der Waals surface area contributed by atoms with Gasteiger partial charge in [0.25, 0.3) is 0 Å². The Bertz CT molecular complexity index is 3100. The van der Waals surface area contributed by atoms with Crippen LogP contribution in [0.1, 0.15) is 154 Å². The van der Waals surface area contributed by atoms with Gasteiger partial charge in [-0.2, -0.15) is 0 Å². The Morgan fingerprint density at radius 1 is 0.323 bits per heavy atom. The number of benzene rings is 8. The van der Waals surface area contributed by atoms with Crippen molar-refractivity contribution >= 4 is 78.5 Å². The first kappa shape index (κ1) is 38.6. The average Bonchev–Trinajstić information content (AvgIpc) is 3.72. The minimum Gasteiger partial charge on any atom is -0.0661 e. The second-order valence-electron chi connectivity index (χ2n) is 23.2. The number of rotatable bonds is 4. The molecule has 0 aromatic heterocycles. The Labute approximate surface area is 371 Å². The van der Waals surface area contributed by atoms with E-state index in [9.17, 15) is 0 Å². The number of hydrogen-bond acceptors (Lipinski definition) is 0. The minimum atomic E-state index is -0.0736. The second kappa shape index (κ2) is 12.3. The van der Waals surface area contributed by atoms with Gasteiger partial charge in [-0.25, -0.2) is 0 Å². The third kappa shape index (κ3) is 4.88. The van der Waals surface area contributed by atoms with Crippen LogP contribution in [0.2, 0.25) is 0 Å². The summed E-state index contributed by atoms with van der Waals surface area (Å²) in [6.45, 7) is 34.0. The second-order valence-corrected chi connectivity index (χ2v) is 23.2. The van der Waals surface area contributed by atoms with E-state index in [1.807, 2.05) is 0 Å². The molecule has 4 aliphatic rings. The van der Waals surface area contributed by atoms with Gasteiger partial charge in [-0.1, -0.05) is 203 Å². The quantitative estimate of drug-likeness (QED) is 0.123. The summed E-state index contributed by atoms with van der Waals surface area (Å²) >= 11 is 0. The first-order valence-electron chi connectivity index (χ1n) is 23.9. The van der Waals surface area contributed by atoms with E-state index in [0.29, 0.717) is 23.7 Å². The van der Waals surface area contributed by atoms with Crippen LogP contribution in [-0.4, -0.2) is 13.4 Å². The van der Waals surface area contributed by atoms with Crippen LogP contribution in [0.15, 0.2) is 84.9 Å². The molecule has 62 heavy (non-hydrogen) atoms. The highest BCUT2D eigenvalue weighted by Crippen LogP contribution is 2.51. The monoisotopic (exact) mass is 802 g/mol. The van der Waals surface area contributed by atoms with Crippen LogP contribution in [-0.2, 0) is 10.8 Å². The van der Waals surface area contributed by atoms with Crippen LogP contribution >= 0.6 is 0 Å². The molecule has 2 heteroatoms. The zero-order valence-electron chi connectivity index (χ0n) is 39.5. The lowest BCUT2D eigenvalue weighted by atomic mass is 9.34. The number of hydrogen-bond donors (Lipinski definition) is 0. The summed E-state index contributed by atoms with van der Waals surface area (Å²) < 4.78 is 0. The van der Waals surface area contributed by atoms with Crippen LogP contribution in [0.4, 0.5) is 0 Å². The van der Waals surface area contributed by atoms with E-state index in [1.54, 1.807) is 0 Å². The molecule has 0 saturated heterocycles. The van der Waals surface area contributed by atoms with E-state index in [0.717, 1.165) is 0 Å². The molecule has 0 bridgehead atoms. The highest BCUT2D eigenvalue weighted by molar-refractivity contribution is 7.03. The van der Waals surface area contributed by atoms with Crippen molar-refractivity contribution < 1.29 is 0 Å². The Morgan fingerprint density at radius 3 is 0.968 bits per heavy atom. The van der Waals surface area contributed by atoms with Crippen molar-refractivity contribution in [3.05, 3.63) is 118 Å².